The van der Waals surface area contributed by atoms with Crippen molar-refractivity contribution < 1.29 is 5.11 Å². The standard InChI is InChI=1S/C17H18N2O/c1-2-3-12-19-16-7-5-4-6-15(16)17(18-19)13-8-10-14(20)11-9-13/h4-11,20H,2-3,12H2,1H3. The molecule has 0 bridgehead atoms. The van der Waals surface area contributed by atoms with E-state index in [1.165, 1.54) is 5.52 Å². The second-order valence-corrected chi connectivity index (χ2v) is 4.99. The van der Waals surface area contributed by atoms with Gasteiger partial charge in [0.05, 0.1) is 5.52 Å². The van der Waals surface area contributed by atoms with Gasteiger partial charge in [-0.1, -0.05) is 31.5 Å². The van der Waals surface area contributed by atoms with Gasteiger partial charge in [-0.2, -0.15) is 5.10 Å². The molecule has 20 heavy (non-hydrogen) atoms. The van der Waals surface area contributed by atoms with Crippen molar-refractivity contribution in [1.29, 1.82) is 0 Å². The highest BCUT2D eigenvalue weighted by molar-refractivity contribution is 5.93. The van der Waals surface area contributed by atoms with Crippen LogP contribution in [0.4, 0.5) is 0 Å². The van der Waals surface area contributed by atoms with E-state index in [9.17, 15) is 5.11 Å². The van der Waals surface area contributed by atoms with Gasteiger partial charge in [-0.25, -0.2) is 0 Å². The Labute approximate surface area is 118 Å². The predicted molar refractivity (Wildman–Crippen MR) is 81.7 cm³/mol. The van der Waals surface area contributed by atoms with Crippen LogP contribution in [0.1, 0.15) is 19.8 Å². The Morgan fingerprint density at radius 3 is 2.55 bits per heavy atom. The summed E-state index contributed by atoms with van der Waals surface area (Å²) in [6, 6.07) is 15.5. The lowest BCUT2D eigenvalue weighted by Crippen LogP contribution is -1.99. The molecule has 0 atom stereocenters. The molecule has 0 fully saturated rings. The first kappa shape index (κ1) is 12.7. The number of phenolic OH excluding ortho intramolecular Hbond substituents is 1. The smallest absolute Gasteiger partial charge is 0.115 e. The summed E-state index contributed by atoms with van der Waals surface area (Å²) in [6.07, 6.45) is 2.28. The highest BCUT2D eigenvalue weighted by atomic mass is 16.3. The SMILES string of the molecule is CCCCn1nc(-c2ccc(O)cc2)c2ccccc21. The van der Waals surface area contributed by atoms with Gasteiger partial charge in [0.2, 0.25) is 0 Å². The Hall–Kier alpha value is -2.29. The van der Waals surface area contributed by atoms with Crippen molar-refractivity contribution in [1.82, 2.24) is 9.78 Å². The quantitative estimate of drug-likeness (QED) is 0.768. The van der Waals surface area contributed by atoms with Crippen LogP contribution < -0.4 is 0 Å². The zero-order chi connectivity index (χ0) is 13.9. The Kier molecular flexibility index (Phi) is 3.42. The maximum absolute atomic E-state index is 9.41. The van der Waals surface area contributed by atoms with Crippen molar-refractivity contribution in [3.8, 4) is 17.0 Å². The fourth-order valence-electron chi connectivity index (χ4n) is 2.44. The Morgan fingerprint density at radius 2 is 1.80 bits per heavy atom. The Bertz CT molecular complexity index is 713. The number of phenols is 1. The minimum absolute atomic E-state index is 0.281. The van der Waals surface area contributed by atoms with E-state index in [4.69, 9.17) is 5.10 Å². The average molecular weight is 266 g/mol. The number of hydrogen-bond donors (Lipinski definition) is 1. The van der Waals surface area contributed by atoms with Gasteiger partial charge in [0.1, 0.15) is 11.4 Å². The highest BCUT2D eigenvalue weighted by Crippen LogP contribution is 2.29. The van der Waals surface area contributed by atoms with Crippen molar-refractivity contribution in [3.05, 3.63) is 48.5 Å². The van der Waals surface area contributed by atoms with Crippen molar-refractivity contribution >= 4 is 10.9 Å². The molecule has 0 aliphatic heterocycles. The molecule has 3 heteroatoms. The molecule has 2 aromatic carbocycles. The minimum atomic E-state index is 0.281. The topological polar surface area (TPSA) is 38.0 Å². The van der Waals surface area contributed by atoms with E-state index in [0.29, 0.717) is 0 Å². The molecule has 3 nitrogen and oxygen atoms in total. The molecule has 0 aliphatic rings. The Balaban J connectivity index is 2.13. The first-order valence-corrected chi connectivity index (χ1v) is 7.04. The number of nitrogens with zero attached hydrogens (tertiary/aromatic N) is 2. The van der Waals surface area contributed by atoms with Crippen LogP contribution >= 0.6 is 0 Å². The molecule has 0 saturated carbocycles. The maximum atomic E-state index is 9.41. The molecule has 0 spiro atoms. The maximum Gasteiger partial charge on any atom is 0.115 e. The minimum Gasteiger partial charge on any atom is -0.508 e. The number of unbranched alkanes of at least 4 members (excludes halogenated alkanes) is 1. The van der Waals surface area contributed by atoms with Gasteiger partial charge in [0, 0.05) is 17.5 Å². The summed E-state index contributed by atoms with van der Waals surface area (Å²) in [5.41, 5.74) is 3.19. The Morgan fingerprint density at radius 1 is 1.05 bits per heavy atom. The van der Waals surface area contributed by atoms with E-state index >= 15 is 0 Å². The van der Waals surface area contributed by atoms with E-state index in [2.05, 4.69) is 23.7 Å². The van der Waals surface area contributed by atoms with Crippen LogP contribution in [0.3, 0.4) is 0 Å². The van der Waals surface area contributed by atoms with Crippen LogP contribution in [0.15, 0.2) is 48.5 Å². The van der Waals surface area contributed by atoms with Crippen molar-refractivity contribution in [2.45, 2.75) is 26.3 Å². The molecule has 0 unspecified atom stereocenters. The first-order valence-electron chi connectivity index (χ1n) is 7.04. The van der Waals surface area contributed by atoms with Gasteiger partial charge in [-0.3, -0.25) is 4.68 Å². The fraction of sp³-hybridized carbons (Fsp3) is 0.235. The predicted octanol–water partition coefficient (Wildman–Crippen LogP) is 4.21. The molecule has 0 aliphatic carbocycles. The number of benzene rings is 2. The lowest BCUT2D eigenvalue weighted by molar-refractivity contribution is 0.475. The lowest BCUT2D eigenvalue weighted by atomic mass is 10.1. The van der Waals surface area contributed by atoms with Crippen LogP contribution in [0.25, 0.3) is 22.2 Å². The third-order valence-corrected chi connectivity index (χ3v) is 3.52. The molecule has 1 aromatic heterocycles. The number of fused-ring (bicyclic) bond motifs is 1. The number of aromatic hydroxyl groups is 1. The molecule has 0 amide bonds. The number of hydrogen-bond acceptors (Lipinski definition) is 2. The lowest BCUT2D eigenvalue weighted by Gasteiger charge is -2.00. The largest absolute Gasteiger partial charge is 0.508 e. The average Bonchev–Trinajstić information content (AvgIpc) is 2.85. The molecule has 3 aromatic rings. The zero-order valence-electron chi connectivity index (χ0n) is 11.6. The highest BCUT2D eigenvalue weighted by Gasteiger charge is 2.11. The molecule has 1 N–H and O–H groups in total. The summed E-state index contributed by atoms with van der Waals surface area (Å²) in [5.74, 6) is 0.281. The van der Waals surface area contributed by atoms with Gasteiger partial charge >= 0.3 is 0 Å². The summed E-state index contributed by atoms with van der Waals surface area (Å²) in [7, 11) is 0. The van der Waals surface area contributed by atoms with Crippen LogP contribution in [0, 0.1) is 0 Å². The van der Waals surface area contributed by atoms with E-state index in [0.717, 1.165) is 36.0 Å². The summed E-state index contributed by atoms with van der Waals surface area (Å²) in [6.45, 7) is 3.13. The molecule has 0 saturated heterocycles. The fourth-order valence-corrected chi connectivity index (χ4v) is 2.44. The van der Waals surface area contributed by atoms with Crippen LogP contribution in [0.5, 0.6) is 5.75 Å². The number of para-hydroxylation sites is 1. The summed E-state index contributed by atoms with van der Waals surface area (Å²) >= 11 is 0. The summed E-state index contributed by atoms with van der Waals surface area (Å²) < 4.78 is 2.08. The number of aryl methyl sites for hydroxylation is 1. The number of rotatable bonds is 4. The molecule has 102 valence electrons. The third kappa shape index (κ3) is 2.27. The van der Waals surface area contributed by atoms with E-state index in [-0.39, 0.29) is 5.75 Å². The zero-order valence-corrected chi connectivity index (χ0v) is 11.6. The van der Waals surface area contributed by atoms with Gasteiger partial charge in [0.15, 0.2) is 0 Å². The second kappa shape index (κ2) is 5.37. The molecule has 1 heterocycles. The first-order chi connectivity index (χ1) is 9.79. The van der Waals surface area contributed by atoms with Gasteiger partial charge in [0.25, 0.3) is 0 Å². The molecule has 0 radical (unpaired) electrons. The van der Waals surface area contributed by atoms with E-state index in [1.807, 2.05) is 24.3 Å². The second-order valence-electron chi connectivity index (χ2n) is 4.99. The van der Waals surface area contributed by atoms with Crippen molar-refractivity contribution in [2.24, 2.45) is 0 Å². The summed E-state index contributed by atoms with van der Waals surface area (Å²) in [4.78, 5) is 0. The normalized spacial score (nSPS) is 11.1. The van der Waals surface area contributed by atoms with E-state index in [1.54, 1.807) is 12.1 Å². The van der Waals surface area contributed by atoms with Crippen molar-refractivity contribution in [3.63, 3.8) is 0 Å². The molecular formula is C17H18N2O. The molecular weight excluding hydrogens is 248 g/mol. The van der Waals surface area contributed by atoms with Crippen LogP contribution in [-0.4, -0.2) is 14.9 Å². The van der Waals surface area contributed by atoms with E-state index < -0.39 is 0 Å². The monoisotopic (exact) mass is 266 g/mol. The summed E-state index contributed by atoms with van der Waals surface area (Å²) in [5, 5.41) is 15.3. The number of aromatic nitrogens is 2. The van der Waals surface area contributed by atoms with Crippen LogP contribution in [-0.2, 0) is 6.54 Å². The van der Waals surface area contributed by atoms with Crippen LogP contribution in [0.2, 0.25) is 0 Å². The van der Waals surface area contributed by atoms with Gasteiger partial charge < -0.3 is 5.11 Å². The van der Waals surface area contributed by atoms with Gasteiger partial charge in [-0.15, -0.1) is 0 Å². The van der Waals surface area contributed by atoms with Crippen molar-refractivity contribution in [2.75, 3.05) is 0 Å². The molecule has 3 rings (SSSR count). The third-order valence-electron chi connectivity index (χ3n) is 3.52. The van der Waals surface area contributed by atoms with Gasteiger partial charge in [-0.05, 0) is 36.8 Å².